The molecule has 0 aromatic carbocycles. The molecule has 0 radical (unpaired) electrons. The van der Waals surface area contributed by atoms with Crippen LogP contribution in [-0.2, 0) is 13.1 Å². The van der Waals surface area contributed by atoms with Crippen molar-refractivity contribution in [2.75, 3.05) is 6.54 Å². The lowest BCUT2D eigenvalue weighted by atomic mass is 9.82. The van der Waals surface area contributed by atoms with Gasteiger partial charge in [-0.05, 0) is 18.6 Å². The number of hydrogen-bond donors (Lipinski definition) is 3. The van der Waals surface area contributed by atoms with E-state index in [0.29, 0.717) is 6.04 Å². The van der Waals surface area contributed by atoms with Gasteiger partial charge in [0.15, 0.2) is 0 Å². The Balaban J connectivity index is 1.40. The fourth-order valence-electron chi connectivity index (χ4n) is 4.00. The van der Waals surface area contributed by atoms with Gasteiger partial charge in [0.2, 0.25) is 0 Å². The lowest BCUT2D eigenvalue weighted by Crippen LogP contribution is -2.60. The van der Waals surface area contributed by atoms with Gasteiger partial charge in [-0.25, -0.2) is 8.78 Å². The number of hydrogen-bond acceptors (Lipinski definition) is 4. The zero-order valence-electron chi connectivity index (χ0n) is 12.8. The summed E-state index contributed by atoms with van der Waals surface area (Å²) in [5.74, 6) is -1.05. The van der Waals surface area contributed by atoms with Crippen LogP contribution in [0.5, 0.6) is 0 Å². The van der Waals surface area contributed by atoms with E-state index in [1.807, 2.05) is 6.20 Å². The van der Waals surface area contributed by atoms with Gasteiger partial charge in [0.25, 0.3) is 0 Å². The molecule has 23 heavy (non-hydrogen) atoms. The van der Waals surface area contributed by atoms with Crippen molar-refractivity contribution in [2.45, 2.75) is 44.1 Å². The average molecular weight is 321 g/mol. The minimum Gasteiger partial charge on any atom is -0.326 e. The van der Waals surface area contributed by atoms with E-state index in [1.165, 1.54) is 17.7 Å². The summed E-state index contributed by atoms with van der Waals surface area (Å²) in [6.45, 7) is 2.45. The van der Waals surface area contributed by atoms with Crippen molar-refractivity contribution in [1.82, 2.24) is 20.4 Å². The quantitative estimate of drug-likeness (QED) is 0.772. The molecule has 7 heteroatoms. The van der Waals surface area contributed by atoms with E-state index in [-0.39, 0.29) is 30.2 Å². The highest BCUT2D eigenvalue weighted by Gasteiger charge is 2.39. The minimum atomic E-state index is -0.494. The standard InChI is InChI=1S/C16H21F2N5/c17-10-1-2-13(18)12(3-10)16-14(19)4-11(6-20-16)23-7-9-5-21-22-15(9)8-23/h1-2,5,11-12,14,16,20H,3-4,6-8,19H2,(H,21,22)/t11?,12?,14?,16-/m1/s1. The maximum absolute atomic E-state index is 14.0. The minimum absolute atomic E-state index is 0.0956. The summed E-state index contributed by atoms with van der Waals surface area (Å²) in [4.78, 5) is 2.36. The predicted molar refractivity (Wildman–Crippen MR) is 82.5 cm³/mol. The molecule has 124 valence electrons. The fraction of sp³-hybridized carbons (Fsp3) is 0.562. The summed E-state index contributed by atoms with van der Waals surface area (Å²) in [7, 11) is 0. The first-order chi connectivity index (χ1) is 11.1. The Kier molecular flexibility index (Phi) is 3.79. The number of halogens is 2. The van der Waals surface area contributed by atoms with Crippen molar-refractivity contribution < 1.29 is 8.78 Å². The number of piperidine rings is 1. The Morgan fingerprint density at radius 2 is 2.13 bits per heavy atom. The van der Waals surface area contributed by atoms with Crippen LogP contribution in [-0.4, -0.2) is 39.8 Å². The van der Waals surface area contributed by atoms with Gasteiger partial charge in [-0.15, -0.1) is 0 Å². The molecule has 1 aromatic rings. The molecule has 5 nitrogen and oxygen atoms in total. The Morgan fingerprint density at radius 3 is 2.91 bits per heavy atom. The molecule has 3 aliphatic rings. The Bertz CT molecular complexity index is 632. The van der Waals surface area contributed by atoms with Crippen molar-refractivity contribution in [2.24, 2.45) is 11.7 Å². The van der Waals surface area contributed by atoms with Crippen LogP contribution in [0.1, 0.15) is 24.1 Å². The summed E-state index contributed by atoms with van der Waals surface area (Å²) in [6.07, 6.45) is 5.17. The number of rotatable bonds is 2. The van der Waals surface area contributed by atoms with E-state index in [1.54, 1.807) is 0 Å². The molecular formula is C16H21F2N5. The van der Waals surface area contributed by atoms with Crippen molar-refractivity contribution in [3.8, 4) is 0 Å². The number of allylic oxidation sites excluding steroid dienone is 3. The van der Waals surface area contributed by atoms with Crippen molar-refractivity contribution >= 4 is 0 Å². The highest BCUT2D eigenvalue weighted by molar-refractivity contribution is 5.23. The Hall–Kier alpha value is -1.57. The van der Waals surface area contributed by atoms with Crippen molar-refractivity contribution in [3.05, 3.63) is 41.3 Å². The molecule has 0 saturated carbocycles. The highest BCUT2D eigenvalue weighted by atomic mass is 19.1. The van der Waals surface area contributed by atoms with Crippen LogP contribution >= 0.6 is 0 Å². The monoisotopic (exact) mass is 321 g/mol. The number of aromatic amines is 1. The summed E-state index contributed by atoms with van der Waals surface area (Å²) in [6, 6.07) is -0.108. The highest BCUT2D eigenvalue weighted by Crippen LogP contribution is 2.33. The number of nitrogens with two attached hydrogens (primary N) is 1. The predicted octanol–water partition coefficient (Wildman–Crippen LogP) is 1.51. The van der Waals surface area contributed by atoms with Gasteiger partial charge in [0.05, 0.1) is 11.9 Å². The largest absolute Gasteiger partial charge is 0.326 e. The third-order valence-electron chi connectivity index (χ3n) is 5.28. The molecule has 0 amide bonds. The number of aromatic nitrogens is 2. The molecule has 1 aromatic heterocycles. The summed E-state index contributed by atoms with van der Waals surface area (Å²) >= 11 is 0. The van der Waals surface area contributed by atoms with Crippen molar-refractivity contribution in [3.63, 3.8) is 0 Å². The van der Waals surface area contributed by atoms with Crippen LogP contribution in [0.15, 0.2) is 30.0 Å². The van der Waals surface area contributed by atoms with Gasteiger partial charge in [-0.2, -0.15) is 5.10 Å². The second-order valence-electron chi connectivity index (χ2n) is 6.74. The normalized spacial score (nSPS) is 34.9. The Labute approximate surface area is 133 Å². The van der Waals surface area contributed by atoms with E-state index >= 15 is 0 Å². The van der Waals surface area contributed by atoms with Crippen molar-refractivity contribution in [1.29, 1.82) is 0 Å². The molecule has 4 N–H and O–H groups in total. The first-order valence-corrected chi connectivity index (χ1v) is 8.07. The van der Waals surface area contributed by atoms with Crippen LogP contribution < -0.4 is 11.1 Å². The number of fused-ring (bicyclic) bond motifs is 1. The van der Waals surface area contributed by atoms with Gasteiger partial charge in [0.1, 0.15) is 11.7 Å². The second kappa shape index (κ2) is 5.81. The maximum atomic E-state index is 14.0. The zero-order chi connectivity index (χ0) is 16.0. The smallest absolute Gasteiger partial charge is 0.105 e. The first-order valence-electron chi connectivity index (χ1n) is 8.07. The molecule has 0 spiro atoms. The molecule has 0 bridgehead atoms. The average Bonchev–Trinajstić information content (AvgIpc) is 3.11. The first kappa shape index (κ1) is 15.0. The van der Waals surface area contributed by atoms with E-state index in [2.05, 4.69) is 20.4 Å². The third kappa shape index (κ3) is 2.73. The molecule has 1 saturated heterocycles. The lowest BCUT2D eigenvalue weighted by molar-refractivity contribution is 0.122. The van der Waals surface area contributed by atoms with E-state index in [9.17, 15) is 8.78 Å². The number of H-pyrrole nitrogens is 1. The summed E-state index contributed by atoms with van der Waals surface area (Å²) in [5.41, 5.74) is 8.70. The SMILES string of the molecule is NC1CC(N2Cc3cn[nH]c3C2)CN[C@@H]1C1CC(F)=CC=C1F. The fourth-order valence-corrected chi connectivity index (χ4v) is 4.00. The van der Waals surface area contributed by atoms with E-state index in [4.69, 9.17) is 5.73 Å². The molecule has 3 unspecified atom stereocenters. The topological polar surface area (TPSA) is 70.0 Å². The molecule has 2 aliphatic heterocycles. The summed E-state index contributed by atoms with van der Waals surface area (Å²) < 4.78 is 27.5. The van der Waals surface area contributed by atoms with Crippen LogP contribution in [0.4, 0.5) is 8.78 Å². The molecule has 3 heterocycles. The molecule has 1 aliphatic carbocycles. The maximum Gasteiger partial charge on any atom is 0.105 e. The number of nitrogens with zero attached hydrogens (tertiary/aromatic N) is 2. The number of nitrogens with one attached hydrogen (secondary N) is 2. The van der Waals surface area contributed by atoms with Crippen LogP contribution in [0, 0.1) is 5.92 Å². The second-order valence-corrected chi connectivity index (χ2v) is 6.74. The molecular weight excluding hydrogens is 300 g/mol. The lowest BCUT2D eigenvalue weighted by Gasteiger charge is -2.42. The van der Waals surface area contributed by atoms with Crippen LogP contribution in [0.3, 0.4) is 0 Å². The van der Waals surface area contributed by atoms with Gasteiger partial charge < -0.3 is 11.1 Å². The zero-order valence-corrected chi connectivity index (χ0v) is 12.8. The van der Waals surface area contributed by atoms with Gasteiger partial charge >= 0.3 is 0 Å². The van der Waals surface area contributed by atoms with Gasteiger partial charge in [-0.3, -0.25) is 10.00 Å². The van der Waals surface area contributed by atoms with Crippen LogP contribution in [0.2, 0.25) is 0 Å². The molecule has 4 atom stereocenters. The Morgan fingerprint density at radius 1 is 1.26 bits per heavy atom. The van der Waals surface area contributed by atoms with E-state index in [0.717, 1.165) is 31.7 Å². The van der Waals surface area contributed by atoms with Gasteiger partial charge in [0, 0.05) is 55.7 Å². The molecule has 4 rings (SSSR count). The van der Waals surface area contributed by atoms with E-state index < -0.39 is 5.92 Å². The summed E-state index contributed by atoms with van der Waals surface area (Å²) in [5, 5.41) is 10.4. The van der Waals surface area contributed by atoms with Gasteiger partial charge in [-0.1, -0.05) is 0 Å². The molecule has 1 fully saturated rings. The van der Waals surface area contributed by atoms with Crippen LogP contribution in [0.25, 0.3) is 0 Å². The third-order valence-corrected chi connectivity index (χ3v) is 5.28.